The molecule has 1 rings (SSSR count). The average Bonchev–Trinajstić information content (AvgIpc) is 2.25. The number of amidine groups is 1. The third kappa shape index (κ3) is 4.57. The van der Waals surface area contributed by atoms with Gasteiger partial charge >= 0.3 is 0 Å². The van der Waals surface area contributed by atoms with Crippen LogP contribution in [0.25, 0.3) is 0 Å². The second-order valence-electron chi connectivity index (χ2n) is 4.90. The van der Waals surface area contributed by atoms with E-state index in [9.17, 15) is 0 Å². The number of benzene rings is 1. The van der Waals surface area contributed by atoms with Crippen LogP contribution in [0.5, 0.6) is 0 Å². The second kappa shape index (κ2) is 5.82. The molecule has 1 unspecified atom stereocenters. The first-order chi connectivity index (χ1) is 7.94. The van der Waals surface area contributed by atoms with Crippen LogP contribution in [0.4, 0.5) is 0 Å². The highest BCUT2D eigenvalue weighted by atomic mass is 16.5. The highest BCUT2D eigenvalue weighted by Gasteiger charge is 2.23. The lowest BCUT2D eigenvalue weighted by Crippen LogP contribution is -2.25. The lowest BCUT2D eigenvalue weighted by Gasteiger charge is -2.26. The molecule has 94 valence electrons. The van der Waals surface area contributed by atoms with Gasteiger partial charge in [0.15, 0.2) is 0 Å². The Morgan fingerprint density at radius 2 is 1.94 bits per heavy atom. The lowest BCUT2D eigenvalue weighted by molar-refractivity contribution is 0.0794. The van der Waals surface area contributed by atoms with Gasteiger partial charge in [-0.3, -0.25) is 4.99 Å². The Labute approximate surface area is 104 Å². The van der Waals surface area contributed by atoms with Gasteiger partial charge in [-0.2, -0.15) is 0 Å². The zero-order valence-corrected chi connectivity index (χ0v) is 11.1. The number of rotatable bonds is 5. The molecule has 0 heterocycles. The first-order valence-corrected chi connectivity index (χ1v) is 5.84. The van der Waals surface area contributed by atoms with E-state index >= 15 is 0 Å². The summed E-state index contributed by atoms with van der Waals surface area (Å²) in [6, 6.07) is 10.2. The molecule has 0 amide bonds. The van der Waals surface area contributed by atoms with E-state index in [1.165, 1.54) is 5.56 Å². The maximum atomic E-state index is 5.64. The van der Waals surface area contributed by atoms with Gasteiger partial charge in [-0.15, -0.1) is 0 Å². The average molecular weight is 234 g/mol. The highest BCUT2D eigenvalue weighted by Crippen LogP contribution is 2.28. The number of nitrogens with two attached hydrogens (primary N) is 1. The van der Waals surface area contributed by atoms with Gasteiger partial charge in [-0.05, 0) is 26.3 Å². The van der Waals surface area contributed by atoms with Crippen molar-refractivity contribution in [3.8, 4) is 0 Å². The van der Waals surface area contributed by atoms with Crippen LogP contribution in [0.1, 0.15) is 38.9 Å². The summed E-state index contributed by atoms with van der Waals surface area (Å²) in [6.07, 6.45) is 0.858. The van der Waals surface area contributed by atoms with E-state index in [4.69, 9.17) is 10.5 Å². The molecule has 0 fully saturated rings. The van der Waals surface area contributed by atoms with Crippen LogP contribution >= 0.6 is 0 Å². The molecule has 0 saturated carbocycles. The SMILES string of the molecule is COC(CC(C)(C)N=C(C)N)c1ccccc1. The zero-order valence-electron chi connectivity index (χ0n) is 11.1. The molecule has 2 N–H and O–H groups in total. The molecule has 17 heavy (non-hydrogen) atoms. The van der Waals surface area contributed by atoms with Gasteiger partial charge in [0.1, 0.15) is 0 Å². The largest absolute Gasteiger partial charge is 0.388 e. The number of ether oxygens (including phenoxy) is 1. The summed E-state index contributed by atoms with van der Waals surface area (Å²) in [6.45, 7) is 5.95. The Balaban J connectivity index is 2.81. The molecule has 3 nitrogen and oxygen atoms in total. The fourth-order valence-corrected chi connectivity index (χ4v) is 1.98. The normalized spacial score (nSPS) is 14.7. The van der Waals surface area contributed by atoms with Crippen molar-refractivity contribution in [3.05, 3.63) is 35.9 Å². The molecular formula is C14H22N2O. The van der Waals surface area contributed by atoms with Crippen LogP contribution in [-0.2, 0) is 4.74 Å². The summed E-state index contributed by atoms with van der Waals surface area (Å²) in [5.74, 6) is 0.609. The van der Waals surface area contributed by atoms with Crippen molar-refractivity contribution in [3.63, 3.8) is 0 Å². The van der Waals surface area contributed by atoms with Crippen molar-refractivity contribution in [2.75, 3.05) is 7.11 Å². The summed E-state index contributed by atoms with van der Waals surface area (Å²) in [4.78, 5) is 4.44. The first kappa shape index (κ1) is 13.7. The van der Waals surface area contributed by atoms with Crippen LogP contribution in [0.15, 0.2) is 35.3 Å². The standard InChI is InChI=1S/C14H22N2O/c1-11(15)16-14(2,3)10-13(17-4)12-8-6-5-7-9-12/h5-9,13H,10H2,1-4H3,(H2,15,16). The number of nitrogens with zero attached hydrogens (tertiary/aromatic N) is 1. The van der Waals surface area contributed by atoms with E-state index in [1.54, 1.807) is 7.11 Å². The number of hydrogen-bond acceptors (Lipinski definition) is 2. The summed E-state index contributed by atoms with van der Waals surface area (Å²) >= 11 is 0. The third-order valence-electron chi connectivity index (χ3n) is 2.62. The zero-order chi connectivity index (χ0) is 12.9. The third-order valence-corrected chi connectivity index (χ3v) is 2.62. The van der Waals surface area contributed by atoms with E-state index in [2.05, 4.69) is 31.0 Å². The minimum absolute atomic E-state index is 0.0503. The number of methoxy groups -OCH3 is 1. The molecular weight excluding hydrogens is 212 g/mol. The summed E-state index contributed by atoms with van der Waals surface area (Å²) in [5, 5.41) is 0. The quantitative estimate of drug-likeness (QED) is 0.629. The van der Waals surface area contributed by atoms with Gasteiger partial charge in [0.05, 0.1) is 17.5 Å². The number of hydrogen-bond donors (Lipinski definition) is 1. The molecule has 1 atom stereocenters. The van der Waals surface area contributed by atoms with Gasteiger partial charge in [0.25, 0.3) is 0 Å². The fourth-order valence-electron chi connectivity index (χ4n) is 1.98. The molecule has 3 heteroatoms. The first-order valence-electron chi connectivity index (χ1n) is 5.84. The van der Waals surface area contributed by atoms with E-state index in [-0.39, 0.29) is 11.6 Å². The molecule has 1 aromatic carbocycles. The van der Waals surface area contributed by atoms with Gasteiger partial charge < -0.3 is 10.5 Å². The van der Waals surface area contributed by atoms with Gasteiger partial charge in [0, 0.05) is 13.5 Å². The van der Waals surface area contributed by atoms with E-state index in [0.29, 0.717) is 5.84 Å². The topological polar surface area (TPSA) is 47.6 Å². The molecule has 0 aliphatic rings. The van der Waals surface area contributed by atoms with Crippen LogP contribution in [0, 0.1) is 0 Å². The Bertz CT molecular complexity index is 367. The Kier molecular flexibility index (Phi) is 4.70. The lowest BCUT2D eigenvalue weighted by atomic mass is 9.93. The number of aliphatic imine (C=N–C) groups is 1. The molecule has 0 saturated heterocycles. The molecule has 0 aliphatic carbocycles. The van der Waals surface area contributed by atoms with Crippen LogP contribution in [0.3, 0.4) is 0 Å². The van der Waals surface area contributed by atoms with Gasteiger partial charge in [-0.1, -0.05) is 30.3 Å². The molecule has 0 aromatic heterocycles. The molecule has 0 aliphatic heterocycles. The Morgan fingerprint density at radius 3 is 2.41 bits per heavy atom. The Hall–Kier alpha value is -1.35. The maximum absolute atomic E-state index is 5.64. The second-order valence-corrected chi connectivity index (χ2v) is 4.90. The smallest absolute Gasteiger partial charge is 0.0912 e. The summed E-state index contributed by atoms with van der Waals surface area (Å²) in [7, 11) is 1.73. The van der Waals surface area contributed by atoms with E-state index in [0.717, 1.165) is 6.42 Å². The molecule has 1 aromatic rings. The van der Waals surface area contributed by atoms with Gasteiger partial charge in [0.2, 0.25) is 0 Å². The predicted molar refractivity (Wildman–Crippen MR) is 72.2 cm³/mol. The van der Waals surface area contributed by atoms with Crippen LogP contribution in [0.2, 0.25) is 0 Å². The monoisotopic (exact) mass is 234 g/mol. The van der Waals surface area contributed by atoms with Crippen molar-refractivity contribution >= 4 is 5.84 Å². The predicted octanol–water partition coefficient (Wildman–Crippen LogP) is 2.92. The van der Waals surface area contributed by atoms with E-state index in [1.807, 2.05) is 25.1 Å². The molecule has 0 radical (unpaired) electrons. The van der Waals surface area contributed by atoms with E-state index < -0.39 is 0 Å². The minimum Gasteiger partial charge on any atom is -0.388 e. The van der Waals surface area contributed by atoms with Crippen molar-refractivity contribution < 1.29 is 4.74 Å². The highest BCUT2D eigenvalue weighted by molar-refractivity contribution is 5.77. The maximum Gasteiger partial charge on any atom is 0.0912 e. The van der Waals surface area contributed by atoms with Crippen molar-refractivity contribution in [1.29, 1.82) is 0 Å². The van der Waals surface area contributed by atoms with Crippen LogP contribution in [-0.4, -0.2) is 18.5 Å². The molecule has 0 bridgehead atoms. The Morgan fingerprint density at radius 1 is 1.35 bits per heavy atom. The summed E-state index contributed by atoms with van der Waals surface area (Å²) in [5.41, 5.74) is 6.60. The van der Waals surface area contributed by atoms with Crippen molar-refractivity contribution in [2.24, 2.45) is 10.7 Å². The molecule has 0 spiro atoms. The minimum atomic E-state index is -0.213. The summed E-state index contributed by atoms with van der Waals surface area (Å²) < 4.78 is 5.54. The van der Waals surface area contributed by atoms with Gasteiger partial charge in [-0.25, -0.2) is 0 Å². The van der Waals surface area contributed by atoms with Crippen LogP contribution < -0.4 is 5.73 Å². The van der Waals surface area contributed by atoms with Crippen molar-refractivity contribution in [2.45, 2.75) is 38.8 Å². The fraction of sp³-hybridized carbons (Fsp3) is 0.500. The van der Waals surface area contributed by atoms with Crippen molar-refractivity contribution in [1.82, 2.24) is 0 Å².